The van der Waals surface area contributed by atoms with Gasteiger partial charge in [-0.1, -0.05) is 12.1 Å². The normalized spacial score (nSPS) is 18.5. The Labute approximate surface area is 191 Å². The number of nitrogens with one attached hydrogen (secondary N) is 3. The summed E-state index contributed by atoms with van der Waals surface area (Å²) in [5.41, 5.74) is 4.05. The van der Waals surface area contributed by atoms with Gasteiger partial charge < -0.3 is 10.6 Å². The van der Waals surface area contributed by atoms with Crippen LogP contribution >= 0.6 is 0 Å². The maximum Gasteiger partial charge on any atom is 0.255 e. The molecule has 2 aromatic heterocycles. The number of aromatic amines is 1. The van der Waals surface area contributed by atoms with E-state index in [1.165, 1.54) is 23.3 Å². The molecule has 1 saturated carbocycles. The molecule has 2 heterocycles. The number of nitrogens with zero attached hydrogens (tertiary/aromatic N) is 2. The minimum Gasteiger partial charge on any atom is -0.382 e. The Bertz CT molecular complexity index is 1330. The molecule has 1 fully saturated rings. The van der Waals surface area contributed by atoms with E-state index in [0.717, 1.165) is 41.4 Å². The van der Waals surface area contributed by atoms with Crippen molar-refractivity contribution >= 4 is 16.6 Å². The van der Waals surface area contributed by atoms with E-state index < -0.39 is 0 Å². The van der Waals surface area contributed by atoms with Crippen molar-refractivity contribution in [1.82, 2.24) is 20.1 Å². The van der Waals surface area contributed by atoms with Crippen LogP contribution in [0.25, 0.3) is 16.6 Å². The molecule has 0 bridgehead atoms. The van der Waals surface area contributed by atoms with Gasteiger partial charge in [0.1, 0.15) is 5.82 Å². The molecule has 0 aliphatic heterocycles. The Balaban J connectivity index is 1.22. The van der Waals surface area contributed by atoms with Gasteiger partial charge in [-0.3, -0.25) is 14.5 Å². The molecule has 2 atom stereocenters. The number of hydrogen-bond acceptors (Lipinski definition) is 4. The number of anilines is 1. The summed E-state index contributed by atoms with van der Waals surface area (Å²) in [4.78, 5) is 12.3. The van der Waals surface area contributed by atoms with Gasteiger partial charge >= 0.3 is 0 Å². The highest BCUT2D eigenvalue weighted by Crippen LogP contribution is 2.24. The highest BCUT2D eigenvalue weighted by molar-refractivity contribution is 5.81. The number of aromatic nitrogens is 3. The standard InChI is InChI=1S/C26H28FN5O/c1-17-10-26(33)32(16-24(17)27)23-7-2-4-18(11-23)14-28-20-5-3-6-21(13-20)30-22-8-9-25-19(12-22)15-29-31-25/h2,4,7-12,15-16,20-21,28,30H,3,5-6,13-14H2,1H3,(H,29,31)/t20-,21+/m0/s1. The average molecular weight is 446 g/mol. The second-order valence-corrected chi connectivity index (χ2v) is 8.94. The fraction of sp³-hybridized carbons (Fsp3) is 0.308. The zero-order valence-electron chi connectivity index (χ0n) is 18.6. The molecule has 4 aromatic rings. The Morgan fingerprint density at radius 3 is 2.94 bits per heavy atom. The third kappa shape index (κ3) is 4.83. The van der Waals surface area contributed by atoms with Gasteiger partial charge in [-0.15, -0.1) is 0 Å². The predicted molar refractivity (Wildman–Crippen MR) is 129 cm³/mol. The summed E-state index contributed by atoms with van der Waals surface area (Å²) < 4.78 is 15.4. The number of fused-ring (bicyclic) bond motifs is 1. The van der Waals surface area contributed by atoms with Crippen LogP contribution in [0.15, 0.2) is 65.7 Å². The van der Waals surface area contributed by atoms with E-state index in [1.807, 2.05) is 30.5 Å². The molecule has 7 heteroatoms. The zero-order chi connectivity index (χ0) is 22.8. The third-order valence-corrected chi connectivity index (χ3v) is 6.47. The zero-order valence-corrected chi connectivity index (χ0v) is 18.6. The second-order valence-electron chi connectivity index (χ2n) is 8.94. The maximum absolute atomic E-state index is 14.0. The highest BCUT2D eigenvalue weighted by atomic mass is 19.1. The first-order chi connectivity index (χ1) is 16.0. The van der Waals surface area contributed by atoms with Crippen LogP contribution < -0.4 is 16.2 Å². The van der Waals surface area contributed by atoms with E-state index in [1.54, 1.807) is 6.92 Å². The Morgan fingerprint density at radius 1 is 1.15 bits per heavy atom. The van der Waals surface area contributed by atoms with Crippen LogP contribution in [-0.2, 0) is 6.54 Å². The lowest BCUT2D eigenvalue weighted by Gasteiger charge is -2.31. The van der Waals surface area contributed by atoms with Crippen LogP contribution in [-0.4, -0.2) is 26.8 Å². The third-order valence-electron chi connectivity index (χ3n) is 6.47. The molecule has 0 saturated heterocycles. The van der Waals surface area contributed by atoms with Gasteiger partial charge in [0.2, 0.25) is 0 Å². The number of rotatable bonds is 6. The minimum absolute atomic E-state index is 0.228. The van der Waals surface area contributed by atoms with E-state index in [9.17, 15) is 9.18 Å². The number of pyridine rings is 1. The van der Waals surface area contributed by atoms with Crippen molar-refractivity contribution in [2.75, 3.05) is 5.32 Å². The average Bonchev–Trinajstić information content (AvgIpc) is 3.28. The molecule has 0 unspecified atom stereocenters. The summed E-state index contributed by atoms with van der Waals surface area (Å²) in [5.74, 6) is -0.384. The molecule has 6 nitrogen and oxygen atoms in total. The molecule has 0 radical (unpaired) electrons. The van der Waals surface area contributed by atoms with Gasteiger partial charge in [-0.25, -0.2) is 4.39 Å². The van der Waals surface area contributed by atoms with E-state index in [-0.39, 0.29) is 11.4 Å². The molecule has 1 aliphatic carbocycles. The number of benzene rings is 2. The SMILES string of the molecule is Cc1cc(=O)n(-c2cccc(CN[C@H]3CCC[C@@H](Nc4ccc5[nH]ncc5c4)C3)c2)cc1F. The lowest BCUT2D eigenvalue weighted by atomic mass is 9.90. The molecule has 0 amide bonds. The van der Waals surface area contributed by atoms with Crippen LogP contribution in [0, 0.1) is 12.7 Å². The number of H-pyrrole nitrogens is 1. The van der Waals surface area contributed by atoms with Crippen LogP contribution in [0.5, 0.6) is 0 Å². The molecular formula is C26H28FN5O. The van der Waals surface area contributed by atoms with Gasteiger partial charge in [-0.05, 0) is 74.1 Å². The van der Waals surface area contributed by atoms with Gasteiger partial charge in [0.05, 0.1) is 11.7 Å². The molecule has 5 rings (SSSR count). The van der Waals surface area contributed by atoms with E-state index in [0.29, 0.717) is 29.9 Å². The Morgan fingerprint density at radius 2 is 2.03 bits per heavy atom. The fourth-order valence-electron chi connectivity index (χ4n) is 4.66. The Hall–Kier alpha value is -3.45. The van der Waals surface area contributed by atoms with E-state index in [4.69, 9.17) is 0 Å². The van der Waals surface area contributed by atoms with Crippen LogP contribution in [0.4, 0.5) is 10.1 Å². The van der Waals surface area contributed by atoms with Gasteiger partial charge in [0.15, 0.2) is 0 Å². The topological polar surface area (TPSA) is 74.7 Å². The van der Waals surface area contributed by atoms with Crippen molar-refractivity contribution < 1.29 is 4.39 Å². The van der Waals surface area contributed by atoms with Crippen molar-refractivity contribution in [3.05, 3.63) is 88.2 Å². The summed E-state index contributed by atoms with van der Waals surface area (Å²) >= 11 is 0. The number of aryl methyl sites for hydroxylation is 1. The fourth-order valence-corrected chi connectivity index (χ4v) is 4.66. The quantitative estimate of drug-likeness (QED) is 0.403. The summed E-state index contributed by atoms with van der Waals surface area (Å²) in [7, 11) is 0. The van der Waals surface area contributed by atoms with Crippen molar-refractivity contribution in [1.29, 1.82) is 0 Å². The second kappa shape index (κ2) is 9.19. The summed E-state index contributed by atoms with van der Waals surface area (Å²) in [6.07, 6.45) is 7.62. The Kier molecular flexibility index (Phi) is 5.96. The first-order valence-corrected chi connectivity index (χ1v) is 11.5. The molecule has 33 heavy (non-hydrogen) atoms. The lowest BCUT2D eigenvalue weighted by molar-refractivity contribution is 0.350. The molecular weight excluding hydrogens is 417 g/mol. The summed E-state index contributed by atoms with van der Waals surface area (Å²) in [6.45, 7) is 2.30. The van der Waals surface area contributed by atoms with Crippen molar-refractivity contribution in [3.63, 3.8) is 0 Å². The predicted octanol–water partition coefficient (Wildman–Crippen LogP) is 4.67. The minimum atomic E-state index is -0.384. The molecule has 2 aromatic carbocycles. The first kappa shape index (κ1) is 21.4. The van der Waals surface area contributed by atoms with Crippen molar-refractivity contribution in [2.45, 2.75) is 51.2 Å². The number of hydrogen-bond donors (Lipinski definition) is 3. The molecule has 3 N–H and O–H groups in total. The lowest BCUT2D eigenvalue weighted by Crippen LogP contribution is -2.38. The largest absolute Gasteiger partial charge is 0.382 e. The van der Waals surface area contributed by atoms with Gasteiger partial charge in [-0.2, -0.15) is 5.10 Å². The van der Waals surface area contributed by atoms with Crippen LogP contribution in [0.3, 0.4) is 0 Å². The van der Waals surface area contributed by atoms with E-state index in [2.05, 4.69) is 39.0 Å². The summed E-state index contributed by atoms with van der Waals surface area (Å²) in [5, 5.41) is 15.5. The first-order valence-electron chi connectivity index (χ1n) is 11.5. The van der Waals surface area contributed by atoms with Gasteiger partial charge in [0.25, 0.3) is 5.56 Å². The van der Waals surface area contributed by atoms with Gasteiger partial charge in [0, 0.05) is 47.7 Å². The van der Waals surface area contributed by atoms with E-state index >= 15 is 0 Å². The smallest absolute Gasteiger partial charge is 0.255 e. The monoisotopic (exact) mass is 445 g/mol. The van der Waals surface area contributed by atoms with Crippen molar-refractivity contribution in [3.8, 4) is 5.69 Å². The highest BCUT2D eigenvalue weighted by Gasteiger charge is 2.21. The summed E-state index contributed by atoms with van der Waals surface area (Å²) in [6, 6.07) is 16.2. The maximum atomic E-state index is 14.0. The van der Waals surface area contributed by atoms with Crippen molar-refractivity contribution in [2.24, 2.45) is 0 Å². The number of halogens is 1. The molecule has 0 spiro atoms. The molecule has 1 aliphatic rings. The molecule has 170 valence electrons. The van der Waals surface area contributed by atoms with Crippen LogP contribution in [0.1, 0.15) is 36.8 Å². The van der Waals surface area contributed by atoms with Crippen LogP contribution in [0.2, 0.25) is 0 Å².